The Kier molecular flexibility index (Phi) is 4.40. The van der Waals surface area contributed by atoms with Gasteiger partial charge in [0.25, 0.3) is 5.91 Å². The van der Waals surface area contributed by atoms with Crippen molar-refractivity contribution < 1.29 is 9.90 Å². The van der Waals surface area contributed by atoms with E-state index in [0.717, 1.165) is 30.3 Å². The number of aromatic hydroxyl groups is 1. The molecule has 0 saturated carbocycles. The lowest BCUT2D eigenvalue weighted by molar-refractivity contribution is 0.0628. The standard InChI is InChI=1S/C16H19N3O2S/c1-12-11-22-15(17-12)10-18-5-7-19(8-6-18)16(21)13-3-2-4-14(20)9-13/h2-4,9,11,20H,5-8,10H2,1H3. The lowest BCUT2D eigenvalue weighted by Crippen LogP contribution is -2.48. The number of aromatic nitrogens is 1. The van der Waals surface area contributed by atoms with Crippen molar-refractivity contribution in [1.82, 2.24) is 14.8 Å². The number of phenolic OH excluding ortho intramolecular Hbond substituents is 1. The first kappa shape index (κ1) is 15.0. The zero-order valence-corrected chi connectivity index (χ0v) is 13.3. The Bertz CT molecular complexity index is 663. The first-order valence-electron chi connectivity index (χ1n) is 7.33. The molecule has 1 aromatic heterocycles. The maximum Gasteiger partial charge on any atom is 0.254 e. The molecule has 6 heteroatoms. The monoisotopic (exact) mass is 317 g/mol. The van der Waals surface area contributed by atoms with E-state index in [1.165, 1.54) is 6.07 Å². The molecule has 1 fully saturated rings. The molecule has 1 aliphatic rings. The van der Waals surface area contributed by atoms with Crippen molar-refractivity contribution >= 4 is 17.2 Å². The van der Waals surface area contributed by atoms with Crippen LogP contribution in [0.4, 0.5) is 0 Å². The van der Waals surface area contributed by atoms with Crippen LogP contribution in [-0.2, 0) is 6.54 Å². The summed E-state index contributed by atoms with van der Waals surface area (Å²) in [6, 6.07) is 6.54. The third-order valence-electron chi connectivity index (χ3n) is 3.78. The van der Waals surface area contributed by atoms with Crippen LogP contribution in [-0.4, -0.2) is 52.0 Å². The molecule has 2 heterocycles. The number of aryl methyl sites for hydroxylation is 1. The Morgan fingerprint density at radius 2 is 2.09 bits per heavy atom. The molecule has 0 aliphatic carbocycles. The number of phenols is 1. The molecule has 1 saturated heterocycles. The fourth-order valence-corrected chi connectivity index (χ4v) is 3.41. The maximum absolute atomic E-state index is 12.4. The van der Waals surface area contributed by atoms with Crippen molar-refractivity contribution in [2.24, 2.45) is 0 Å². The molecule has 0 radical (unpaired) electrons. The summed E-state index contributed by atoms with van der Waals surface area (Å²) < 4.78 is 0. The molecule has 1 amide bonds. The van der Waals surface area contributed by atoms with E-state index in [4.69, 9.17) is 0 Å². The third kappa shape index (κ3) is 3.45. The molecule has 0 bridgehead atoms. The lowest BCUT2D eigenvalue weighted by Gasteiger charge is -2.34. The van der Waals surface area contributed by atoms with Gasteiger partial charge in [0.05, 0.1) is 6.54 Å². The van der Waals surface area contributed by atoms with E-state index in [1.807, 2.05) is 11.8 Å². The van der Waals surface area contributed by atoms with Gasteiger partial charge < -0.3 is 10.0 Å². The molecule has 1 aliphatic heterocycles. The zero-order valence-electron chi connectivity index (χ0n) is 12.5. The zero-order chi connectivity index (χ0) is 15.5. The Morgan fingerprint density at radius 1 is 1.32 bits per heavy atom. The van der Waals surface area contributed by atoms with Crippen molar-refractivity contribution in [3.63, 3.8) is 0 Å². The van der Waals surface area contributed by atoms with Crippen LogP contribution >= 0.6 is 11.3 Å². The number of carbonyl (C=O) groups excluding carboxylic acids is 1. The summed E-state index contributed by atoms with van der Waals surface area (Å²) in [6.07, 6.45) is 0. The predicted molar refractivity (Wildman–Crippen MR) is 86.1 cm³/mol. The smallest absolute Gasteiger partial charge is 0.254 e. The molecule has 1 N–H and O–H groups in total. The van der Waals surface area contributed by atoms with Gasteiger partial charge in [0.15, 0.2) is 0 Å². The highest BCUT2D eigenvalue weighted by atomic mass is 32.1. The van der Waals surface area contributed by atoms with Gasteiger partial charge in [-0.2, -0.15) is 0 Å². The minimum absolute atomic E-state index is 0.0133. The van der Waals surface area contributed by atoms with E-state index >= 15 is 0 Å². The van der Waals surface area contributed by atoms with Gasteiger partial charge in [-0.05, 0) is 25.1 Å². The molecule has 0 spiro atoms. The van der Waals surface area contributed by atoms with Gasteiger partial charge in [-0.1, -0.05) is 6.07 Å². The van der Waals surface area contributed by atoms with Crippen LogP contribution < -0.4 is 0 Å². The summed E-state index contributed by atoms with van der Waals surface area (Å²) in [5.41, 5.74) is 1.61. The molecular formula is C16H19N3O2S. The molecule has 0 unspecified atom stereocenters. The number of hydrogen-bond acceptors (Lipinski definition) is 5. The van der Waals surface area contributed by atoms with Crippen molar-refractivity contribution in [2.45, 2.75) is 13.5 Å². The van der Waals surface area contributed by atoms with Crippen LogP contribution in [0.1, 0.15) is 21.1 Å². The van der Waals surface area contributed by atoms with Crippen LogP contribution in [0.2, 0.25) is 0 Å². The number of amides is 1. The number of carbonyl (C=O) groups is 1. The Labute approximate surface area is 133 Å². The second-order valence-corrected chi connectivity index (χ2v) is 6.44. The van der Waals surface area contributed by atoms with Crippen molar-refractivity contribution in [3.8, 4) is 5.75 Å². The van der Waals surface area contributed by atoms with Crippen molar-refractivity contribution in [3.05, 3.63) is 45.9 Å². The van der Waals surface area contributed by atoms with Gasteiger partial charge in [0.2, 0.25) is 0 Å². The predicted octanol–water partition coefficient (Wildman–Crippen LogP) is 2.12. The molecule has 1 aromatic carbocycles. The number of nitrogens with zero attached hydrogens (tertiary/aromatic N) is 3. The van der Waals surface area contributed by atoms with Gasteiger partial charge in [-0.3, -0.25) is 9.69 Å². The first-order chi connectivity index (χ1) is 10.6. The minimum Gasteiger partial charge on any atom is -0.508 e. The number of benzene rings is 1. The highest BCUT2D eigenvalue weighted by Crippen LogP contribution is 2.16. The molecule has 116 valence electrons. The second kappa shape index (κ2) is 6.46. The first-order valence-corrected chi connectivity index (χ1v) is 8.21. The van der Waals surface area contributed by atoms with Crippen LogP contribution in [0, 0.1) is 6.92 Å². The quantitative estimate of drug-likeness (QED) is 0.942. The van der Waals surface area contributed by atoms with Crippen LogP contribution in [0.3, 0.4) is 0 Å². The summed E-state index contributed by atoms with van der Waals surface area (Å²) in [6.45, 7) is 5.97. The number of thiazole rings is 1. The van der Waals surface area contributed by atoms with E-state index in [2.05, 4.69) is 15.3 Å². The molecule has 3 rings (SSSR count). The second-order valence-electron chi connectivity index (χ2n) is 5.50. The molecule has 2 aromatic rings. The van der Waals surface area contributed by atoms with Crippen LogP contribution in [0.25, 0.3) is 0 Å². The average molecular weight is 317 g/mol. The molecule has 5 nitrogen and oxygen atoms in total. The summed E-state index contributed by atoms with van der Waals surface area (Å²) in [5, 5.41) is 12.7. The normalized spacial score (nSPS) is 16.0. The van der Waals surface area contributed by atoms with Crippen LogP contribution in [0.15, 0.2) is 29.6 Å². The van der Waals surface area contributed by atoms with E-state index in [1.54, 1.807) is 29.5 Å². The van der Waals surface area contributed by atoms with Gasteiger partial charge in [-0.15, -0.1) is 11.3 Å². The largest absolute Gasteiger partial charge is 0.508 e. The minimum atomic E-state index is -0.0133. The van der Waals surface area contributed by atoms with Gasteiger partial charge >= 0.3 is 0 Å². The van der Waals surface area contributed by atoms with E-state index in [0.29, 0.717) is 18.7 Å². The van der Waals surface area contributed by atoms with Crippen molar-refractivity contribution in [1.29, 1.82) is 0 Å². The van der Waals surface area contributed by atoms with Gasteiger partial charge in [0.1, 0.15) is 10.8 Å². The van der Waals surface area contributed by atoms with E-state index in [-0.39, 0.29) is 11.7 Å². The highest BCUT2D eigenvalue weighted by Gasteiger charge is 2.22. The van der Waals surface area contributed by atoms with Gasteiger partial charge in [0, 0.05) is 42.8 Å². The number of rotatable bonds is 3. The Morgan fingerprint density at radius 3 is 2.73 bits per heavy atom. The highest BCUT2D eigenvalue weighted by molar-refractivity contribution is 7.09. The summed E-state index contributed by atoms with van der Waals surface area (Å²) in [5.74, 6) is 0.115. The van der Waals surface area contributed by atoms with E-state index < -0.39 is 0 Å². The maximum atomic E-state index is 12.4. The third-order valence-corrected chi connectivity index (χ3v) is 4.73. The Balaban J connectivity index is 1.56. The fourth-order valence-electron chi connectivity index (χ4n) is 2.60. The number of hydrogen-bond donors (Lipinski definition) is 1. The molecular weight excluding hydrogens is 298 g/mol. The number of piperazine rings is 1. The fraction of sp³-hybridized carbons (Fsp3) is 0.375. The van der Waals surface area contributed by atoms with Crippen LogP contribution in [0.5, 0.6) is 5.75 Å². The summed E-state index contributed by atoms with van der Waals surface area (Å²) in [7, 11) is 0. The van der Waals surface area contributed by atoms with Crippen molar-refractivity contribution in [2.75, 3.05) is 26.2 Å². The molecule has 22 heavy (non-hydrogen) atoms. The summed E-state index contributed by atoms with van der Waals surface area (Å²) in [4.78, 5) is 21.1. The average Bonchev–Trinajstić information content (AvgIpc) is 2.92. The summed E-state index contributed by atoms with van der Waals surface area (Å²) >= 11 is 1.69. The Hall–Kier alpha value is -1.92. The van der Waals surface area contributed by atoms with Gasteiger partial charge in [-0.25, -0.2) is 4.98 Å². The lowest BCUT2D eigenvalue weighted by atomic mass is 10.1. The SMILES string of the molecule is Cc1csc(CN2CCN(C(=O)c3cccc(O)c3)CC2)n1. The van der Waals surface area contributed by atoms with E-state index in [9.17, 15) is 9.90 Å². The molecule has 0 atom stereocenters. The topological polar surface area (TPSA) is 56.7 Å².